The number of benzene rings is 4. The van der Waals surface area contributed by atoms with E-state index in [1.54, 1.807) is 49.4 Å². The predicted molar refractivity (Wildman–Crippen MR) is 142 cm³/mol. The molecule has 0 fully saturated rings. The van der Waals surface area contributed by atoms with Crippen LogP contribution in [-0.2, 0) is 6.61 Å². The first-order valence-corrected chi connectivity index (χ1v) is 12.0. The summed E-state index contributed by atoms with van der Waals surface area (Å²) < 4.78 is 29.1. The van der Waals surface area contributed by atoms with Gasteiger partial charge in [0.05, 0.1) is 12.0 Å². The number of hydrogen-bond donors (Lipinski definition) is 0. The minimum Gasteiger partial charge on any atom is -0.494 e. The van der Waals surface area contributed by atoms with Gasteiger partial charge >= 0.3 is 0 Å². The molecular weight excluding hydrogens is 468 g/mol. The van der Waals surface area contributed by atoms with Gasteiger partial charge in [-0.3, -0.25) is 4.79 Å². The van der Waals surface area contributed by atoms with Crippen LogP contribution in [0.2, 0.25) is 0 Å². The first-order valence-electron chi connectivity index (χ1n) is 12.0. The number of ether oxygens (including phenoxy) is 4. The summed E-state index contributed by atoms with van der Waals surface area (Å²) in [7, 11) is 0. The number of hydrogen-bond acceptors (Lipinski definition) is 6. The van der Waals surface area contributed by atoms with E-state index in [1.807, 2.05) is 61.5 Å². The van der Waals surface area contributed by atoms with Gasteiger partial charge in [-0.25, -0.2) is 0 Å². The summed E-state index contributed by atoms with van der Waals surface area (Å²) in [4.78, 5) is 13.1. The van der Waals surface area contributed by atoms with Crippen LogP contribution in [0.1, 0.15) is 18.2 Å². The monoisotopic (exact) mass is 494 g/mol. The van der Waals surface area contributed by atoms with Gasteiger partial charge in [0.1, 0.15) is 46.7 Å². The quantitative estimate of drug-likeness (QED) is 0.210. The third-order valence-corrected chi connectivity index (χ3v) is 5.62. The maximum absolute atomic E-state index is 13.1. The first kappa shape index (κ1) is 24.0. The van der Waals surface area contributed by atoms with E-state index in [1.165, 1.54) is 0 Å². The maximum Gasteiger partial charge on any atom is 0.235 e. The van der Waals surface area contributed by atoms with Crippen molar-refractivity contribution < 1.29 is 23.4 Å². The molecule has 0 saturated carbocycles. The van der Waals surface area contributed by atoms with Crippen molar-refractivity contribution >= 4 is 11.0 Å². The molecule has 4 aromatic carbocycles. The highest BCUT2D eigenvalue weighted by Gasteiger charge is 2.15. The van der Waals surface area contributed by atoms with E-state index in [9.17, 15) is 4.79 Å². The second-order valence-corrected chi connectivity index (χ2v) is 8.33. The van der Waals surface area contributed by atoms with Crippen LogP contribution in [-0.4, -0.2) is 6.61 Å². The lowest BCUT2D eigenvalue weighted by molar-refractivity contribution is 0.305. The van der Waals surface area contributed by atoms with E-state index in [2.05, 4.69) is 0 Å². The van der Waals surface area contributed by atoms with Gasteiger partial charge in [-0.05, 0) is 80.1 Å². The lowest BCUT2D eigenvalue weighted by Crippen LogP contribution is -2.07. The first-order chi connectivity index (χ1) is 18.1. The Hall–Kier alpha value is -4.71. The molecule has 5 aromatic rings. The average Bonchev–Trinajstić information content (AvgIpc) is 2.92. The van der Waals surface area contributed by atoms with Crippen molar-refractivity contribution in [2.45, 2.75) is 20.5 Å². The van der Waals surface area contributed by atoms with Crippen LogP contribution >= 0.6 is 0 Å². The van der Waals surface area contributed by atoms with Gasteiger partial charge < -0.3 is 23.4 Å². The summed E-state index contributed by atoms with van der Waals surface area (Å²) in [5.74, 6) is 3.88. The molecule has 0 aliphatic carbocycles. The third-order valence-electron chi connectivity index (χ3n) is 5.62. The van der Waals surface area contributed by atoms with Gasteiger partial charge in [-0.1, -0.05) is 30.3 Å². The van der Waals surface area contributed by atoms with E-state index < -0.39 is 0 Å². The zero-order valence-corrected chi connectivity index (χ0v) is 20.6. The predicted octanol–water partition coefficient (Wildman–Crippen LogP) is 7.66. The maximum atomic E-state index is 13.1. The molecule has 0 atom stereocenters. The van der Waals surface area contributed by atoms with Gasteiger partial charge in [-0.2, -0.15) is 0 Å². The van der Waals surface area contributed by atoms with Crippen LogP contribution in [0.25, 0.3) is 11.0 Å². The van der Waals surface area contributed by atoms with Crippen molar-refractivity contribution in [3.63, 3.8) is 0 Å². The SMILES string of the molecule is CCOc1ccc(Oc2c(C)oc3cc(OCc4cccc(Oc5ccccc5)c4)ccc3c2=O)cc1. The second kappa shape index (κ2) is 10.9. The lowest BCUT2D eigenvalue weighted by atomic mass is 10.2. The van der Waals surface area contributed by atoms with Crippen LogP contribution in [0.5, 0.6) is 34.5 Å². The Balaban J connectivity index is 1.30. The van der Waals surface area contributed by atoms with E-state index in [-0.39, 0.29) is 11.2 Å². The molecule has 0 N–H and O–H groups in total. The Labute approximate surface area is 214 Å². The van der Waals surface area contributed by atoms with Gasteiger partial charge in [-0.15, -0.1) is 0 Å². The fourth-order valence-electron chi connectivity index (χ4n) is 3.85. The normalized spacial score (nSPS) is 10.8. The standard InChI is InChI=1S/C31H26O6/c1-3-33-23-12-14-25(15-13-23)37-31-21(2)35-29-19-26(16-17-28(29)30(31)32)34-20-22-8-7-11-27(18-22)36-24-9-5-4-6-10-24/h4-19H,3,20H2,1-2H3. The minimum absolute atomic E-state index is 0.153. The summed E-state index contributed by atoms with van der Waals surface area (Å²) >= 11 is 0. The molecular formula is C31H26O6. The van der Waals surface area contributed by atoms with Crippen molar-refractivity contribution in [2.24, 2.45) is 0 Å². The molecule has 0 amide bonds. The van der Waals surface area contributed by atoms with Crippen LogP contribution in [0, 0.1) is 6.92 Å². The molecule has 6 nitrogen and oxygen atoms in total. The Kier molecular flexibility index (Phi) is 7.08. The molecule has 1 aromatic heterocycles. The second-order valence-electron chi connectivity index (χ2n) is 8.33. The fourth-order valence-corrected chi connectivity index (χ4v) is 3.85. The summed E-state index contributed by atoms with van der Waals surface area (Å²) in [5, 5.41) is 0.414. The number of para-hydroxylation sites is 1. The zero-order valence-electron chi connectivity index (χ0n) is 20.6. The lowest BCUT2D eigenvalue weighted by Gasteiger charge is -2.11. The highest BCUT2D eigenvalue weighted by molar-refractivity contribution is 5.79. The molecule has 0 aliphatic rings. The molecule has 0 saturated heterocycles. The topological polar surface area (TPSA) is 67.1 Å². The Morgan fingerprint density at radius 2 is 1.38 bits per heavy atom. The highest BCUT2D eigenvalue weighted by atomic mass is 16.5. The Morgan fingerprint density at radius 1 is 0.676 bits per heavy atom. The molecule has 0 radical (unpaired) electrons. The van der Waals surface area contributed by atoms with Crippen molar-refractivity contribution in [2.75, 3.05) is 6.61 Å². The summed E-state index contributed by atoms with van der Waals surface area (Å²) in [5.41, 5.74) is 1.13. The van der Waals surface area contributed by atoms with Gasteiger partial charge in [0.2, 0.25) is 11.2 Å². The van der Waals surface area contributed by atoms with Gasteiger partial charge in [0, 0.05) is 6.07 Å². The van der Waals surface area contributed by atoms with Crippen molar-refractivity contribution in [3.05, 3.63) is 119 Å². The summed E-state index contributed by atoms with van der Waals surface area (Å²) in [6.45, 7) is 4.54. The number of aryl methyl sites for hydroxylation is 1. The molecule has 0 bridgehead atoms. The van der Waals surface area contributed by atoms with E-state index in [0.29, 0.717) is 41.4 Å². The van der Waals surface area contributed by atoms with Crippen LogP contribution in [0.3, 0.4) is 0 Å². The molecule has 0 unspecified atom stereocenters. The van der Waals surface area contributed by atoms with Crippen LogP contribution < -0.4 is 24.4 Å². The van der Waals surface area contributed by atoms with Crippen molar-refractivity contribution in [1.82, 2.24) is 0 Å². The molecule has 6 heteroatoms. The van der Waals surface area contributed by atoms with E-state index in [4.69, 9.17) is 23.4 Å². The smallest absolute Gasteiger partial charge is 0.235 e. The van der Waals surface area contributed by atoms with Gasteiger partial charge in [0.15, 0.2) is 0 Å². The molecule has 1 heterocycles. The minimum atomic E-state index is -0.245. The van der Waals surface area contributed by atoms with Crippen molar-refractivity contribution in [3.8, 4) is 34.5 Å². The fraction of sp³-hybridized carbons (Fsp3) is 0.129. The Morgan fingerprint density at radius 3 is 2.16 bits per heavy atom. The zero-order chi connectivity index (χ0) is 25.6. The highest BCUT2D eigenvalue weighted by Crippen LogP contribution is 2.29. The summed E-state index contributed by atoms with van der Waals surface area (Å²) in [6.07, 6.45) is 0. The summed E-state index contributed by atoms with van der Waals surface area (Å²) in [6, 6.07) is 29.6. The molecule has 0 spiro atoms. The van der Waals surface area contributed by atoms with Crippen LogP contribution in [0.4, 0.5) is 0 Å². The molecule has 37 heavy (non-hydrogen) atoms. The average molecular weight is 495 g/mol. The number of rotatable bonds is 9. The van der Waals surface area contributed by atoms with Crippen LogP contribution in [0.15, 0.2) is 106 Å². The van der Waals surface area contributed by atoms with Gasteiger partial charge in [0.25, 0.3) is 0 Å². The molecule has 0 aliphatic heterocycles. The molecule has 186 valence electrons. The Bertz CT molecular complexity index is 1560. The third kappa shape index (κ3) is 5.76. The molecule has 5 rings (SSSR count). The van der Waals surface area contributed by atoms with Crippen molar-refractivity contribution in [1.29, 1.82) is 0 Å². The van der Waals surface area contributed by atoms with E-state index in [0.717, 1.165) is 22.8 Å². The largest absolute Gasteiger partial charge is 0.494 e. The van der Waals surface area contributed by atoms with E-state index >= 15 is 0 Å². The number of fused-ring (bicyclic) bond motifs is 1.